The molecule has 0 saturated carbocycles. The monoisotopic (exact) mass is 373 g/mol. The Kier molecular flexibility index (Phi) is 5.78. The minimum atomic E-state index is -0.322. The third-order valence-corrected chi connectivity index (χ3v) is 4.87. The minimum absolute atomic E-state index is 0.00620. The lowest BCUT2D eigenvalue weighted by Crippen LogP contribution is -2.49. The van der Waals surface area contributed by atoms with Crippen molar-refractivity contribution in [1.29, 1.82) is 0 Å². The average Bonchev–Trinajstić information content (AvgIpc) is 3.08. The van der Waals surface area contributed by atoms with E-state index >= 15 is 0 Å². The van der Waals surface area contributed by atoms with Gasteiger partial charge in [-0.3, -0.25) is 4.79 Å². The quantitative estimate of drug-likeness (QED) is 0.863. The van der Waals surface area contributed by atoms with E-state index in [0.29, 0.717) is 31.7 Å². The Bertz CT molecular complexity index is 812. The fourth-order valence-corrected chi connectivity index (χ4v) is 3.22. The molecule has 0 radical (unpaired) electrons. The van der Waals surface area contributed by atoms with Crippen LogP contribution in [-0.2, 0) is 0 Å². The number of urea groups is 1. The number of aryl methyl sites for hydroxylation is 1. The third kappa shape index (κ3) is 4.67. The van der Waals surface area contributed by atoms with Gasteiger partial charge in [0.2, 0.25) is 0 Å². The maximum Gasteiger partial charge on any atom is 0.317 e. The molecular weight excluding hydrogens is 349 g/mol. The summed E-state index contributed by atoms with van der Waals surface area (Å²) in [5, 5.41) is 5.86. The molecule has 27 heavy (non-hydrogen) atoms. The van der Waals surface area contributed by atoms with Gasteiger partial charge < -0.3 is 20.0 Å². The summed E-state index contributed by atoms with van der Waals surface area (Å²) in [6, 6.07) is 7.50. The highest BCUT2D eigenvalue weighted by atomic mass is 19.1. The molecule has 1 aliphatic rings. The fourth-order valence-electron chi connectivity index (χ4n) is 3.22. The summed E-state index contributed by atoms with van der Waals surface area (Å²) in [5.74, 6) is -0.212. The number of nitrogens with zero attached hydrogens (tertiary/aromatic N) is 1. The molecule has 1 aromatic heterocycles. The van der Waals surface area contributed by atoms with Gasteiger partial charge in [-0.15, -0.1) is 0 Å². The lowest BCUT2D eigenvalue weighted by Gasteiger charge is -2.33. The second kappa shape index (κ2) is 8.24. The second-order valence-corrected chi connectivity index (χ2v) is 6.89. The van der Waals surface area contributed by atoms with E-state index in [-0.39, 0.29) is 29.8 Å². The molecule has 1 aliphatic heterocycles. The molecule has 2 N–H and O–H groups in total. The summed E-state index contributed by atoms with van der Waals surface area (Å²) in [6.45, 7) is 4.74. The van der Waals surface area contributed by atoms with E-state index < -0.39 is 0 Å². The first-order valence-electron chi connectivity index (χ1n) is 9.10. The number of hydrogen-bond donors (Lipinski definition) is 2. The highest BCUT2D eigenvalue weighted by Crippen LogP contribution is 2.16. The molecule has 0 bridgehead atoms. The van der Waals surface area contributed by atoms with Crippen LogP contribution in [0.4, 0.5) is 9.18 Å². The lowest BCUT2D eigenvalue weighted by molar-refractivity contribution is 0.0888. The molecule has 1 aromatic carbocycles. The summed E-state index contributed by atoms with van der Waals surface area (Å²) in [5.41, 5.74) is 1.52. The lowest BCUT2D eigenvalue weighted by atomic mass is 10.0. The zero-order valence-corrected chi connectivity index (χ0v) is 15.5. The van der Waals surface area contributed by atoms with E-state index in [2.05, 4.69) is 10.6 Å². The summed E-state index contributed by atoms with van der Waals surface area (Å²) in [7, 11) is 0. The highest BCUT2D eigenvalue weighted by Gasteiger charge is 2.26. The van der Waals surface area contributed by atoms with Crippen molar-refractivity contribution in [1.82, 2.24) is 15.5 Å². The molecule has 0 aliphatic carbocycles. The van der Waals surface area contributed by atoms with Crippen molar-refractivity contribution in [3.63, 3.8) is 0 Å². The number of furan rings is 1. The Morgan fingerprint density at radius 1 is 1.26 bits per heavy atom. The van der Waals surface area contributed by atoms with E-state index in [0.717, 1.165) is 11.1 Å². The first-order chi connectivity index (χ1) is 12.9. The van der Waals surface area contributed by atoms with Gasteiger partial charge in [0.05, 0.1) is 12.3 Å². The Labute approximate surface area is 157 Å². The van der Waals surface area contributed by atoms with Crippen LogP contribution in [0.2, 0.25) is 0 Å². The van der Waals surface area contributed by atoms with Crippen LogP contribution in [0.3, 0.4) is 0 Å². The second-order valence-electron chi connectivity index (χ2n) is 6.89. The molecule has 6 nitrogen and oxygen atoms in total. The van der Waals surface area contributed by atoms with Crippen LogP contribution in [0.15, 0.2) is 41.0 Å². The van der Waals surface area contributed by atoms with Crippen molar-refractivity contribution < 1.29 is 18.4 Å². The molecule has 3 amide bonds. The number of rotatable bonds is 4. The van der Waals surface area contributed by atoms with E-state index in [1.165, 1.54) is 18.4 Å². The molecule has 3 rings (SSSR count). The SMILES string of the molecule is Cc1ccoc1C(=O)NC1CCN(C(=O)N[C@H](C)c2cccc(F)c2)CC1. The molecule has 1 fully saturated rings. The number of nitrogens with one attached hydrogen (secondary N) is 2. The maximum absolute atomic E-state index is 13.3. The highest BCUT2D eigenvalue weighted by molar-refractivity contribution is 5.93. The normalized spacial score (nSPS) is 16.0. The molecule has 1 saturated heterocycles. The first kappa shape index (κ1) is 18.9. The molecule has 0 spiro atoms. The predicted octanol–water partition coefficient (Wildman–Crippen LogP) is 3.39. The van der Waals surface area contributed by atoms with Crippen LogP contribution in [0.5, 0.6) is 0 Å². The fraction of sp³-hybridized carbons (Fsp3) is 0.400. The smallest absolute Gasteiger partial charge is 0.317 e. The molecular formula is C20H24FN3O3. The summed E-state index contributed by atoms with van der Waals surface area (Å²) >= 11 is 0. The maximum atomic E-state index is 13.3. The van der Waals surface area contributed by atoms with Gasteiger partial charge in [-0.2, -0.15) is 0 Å². The number of halogens is 1. The Balaban J connectivity index is 1.48. The van der Waals surface area contributed by atoms with Crippen LogP contribution in [0, 0.1) is 12.7 Å². The number of likely N-dealkylation sites (tertiary alicyclic amines) is 1. The number of hydrogen-bond acceptors (Lipinski definition) is 3. The van der Waals surface area contributed by atoms with Crippen molar-refractivity contribution in [2.24, 2.45) is 0 Å². The first-order valence-corrected chi connectivity index (χ1v) is 9.10. The third-order valence-electron chi connectivity index (χ3n) is 4.87. The van der Waals surface area contributed by atoms with Gasteiger partial charge in [0.25, 0.3) is 5.91 Å². The van der Waals surface area contributed by atoms with Crippen LogP contribution < -0.4 is 10.6 Å². The van der Waals surface area contributed by atoms with Gasteiger partial charge in [0.1, 0.15) is 5.82 Å². The molecule has 144 valence electrons. The summed E-state index contributed by atoms with van der Waals surface area (Å²) < 4.78 is 18.5. The molecule has 2 aromatic rings. The minimum Gasteiger partial charge on any atom is -0.459 e. The van der Waals surface area contributed by atoms with E-state index in [1.54, 1.807) is 23.1 Å². The van der Waals surface area contributed by atoms with Gasteiger partial charge in [-0.25, -0.2) is 9.18 Å². The number of amides is 3. The van der Waals surface area contributed by atoms with Crippen molar-refractivity contribution >= 4 is 11.9 Å². The Morgan fingerprint density at radius 3 is 2.63 bits per heavy atom. The summed E-state index contributed by atoms with van der Waals surface area (Å²) in [4.78, 5) is 26.4. The Hall–Kier alpha value is -2.83. The van der Waals surface area contributed by atoms with E-state index in [9.17, 15) is 14.0 Å². The van der Waals surface area contributed by atoms with Crippen LogP contribution in [0.1, 0.15) is 47.5 Å². The molecule has 2 heterocycles. The predicted molar refractivity (Wildman–Crippen MR) is 98.9 cm³/mol. The number of benzene rings is 1. The summed E-state index contributed by atoms with van der Waals surface area (Å²) in [6.07, 6.45) is 2.84. The van der Waals surface area contributed by atoms with Gasteiger partial charge in [-0.1, -0.05) is 12.1 Å². The van der Waals surface area contributed by atoms with E-state index in [1.807, 2.05) is 13.8 Å². The van der Waals surface area contributed by atoms with Crippen molar-refractivity contribution in [2.75, 3.05) is 13.1 Å². The topological polar surface area (TPSA) is 74.6 Å². The van der Waals surface area contributed by atoms with E-state index in [4.69, 9.17) is 4.42 Å². The zero-order valence-electron chi connectivity index (χ0n) is 15.5. The molecule has 7 heteroatoms. The Morgan fingerprint density at radius 2 is 2.00 bits per heavy atom. The number of carbonyl (C=O) groups is 2. The number of carbonyl (C=O) groups excluding carboxylic acids is 2. The van der Waals surface area contributed by atoms with Crippen LogP contribution in [0.25, 0.3) is 0 Å². The van der Waals surface area contributed by atoms with Crippen molar-refractivity contribution in [2.45, 2.75) is 38.8 Å². The largest absolute Gasteiger partial charge is 0.459 e. The zero-order chi connectivity index (χ0) is 19.4. The molecule has 0 unspecified atom stereocenters. The van der Waals surface area contributed by atoms with Crippen LogP contribution in [-0.4, -0.2) is 36.0 Å². The average molecular weight is 373 g/mol. The van der Waals surface area contributed by atoms with Gasteiger partial charge in [0, 0.05) is 24.7 Å². The van der Waals surface area contributed by atoms with Crippen LogP contribution >= 0.6 is 0 Å². The standard InChI is InChI=1S/C20H24FN3O3/c1-13-8-11-27-18(13)19(25)23-17-6-9-24(10-7-17)20(26)22-14(2)15-4-3-5-16(21)12-15/h3-5,8,11-12,14,17H,6-7,9-10H2,1-2H3,(H,22,26)(H,23,25)/t14-/m1/s1. The van der Waals surface area contributed by atoms with Gasteiger partial charge in [-0.05, 0) is 50.5 Å². The van der Waals surface area contributed by atoms with Gasteiger partial charge >= 0.3 is 6.03 Å². The molecule has 1 atom stereocenters. The van der Waals surface area contributed by atoms with Crippen molar-refractivity contribution in [3.8, 4) is 0 Å². The van der Waals surface area contributed by atoms with Crippen molar-refractivity contribution in [3.05, 3.63) is 59.3 Å². The van der Waals surface area contributed by atoms with Gasteiger partial charge in [0.15, 0.2) is 5.76 Å². The number of piperidine rings is 1.